The molecule has 0 aliphatic rings. The largest absolute Gasteiger partial charge is 0.467 e. The van der Waals surface area contributed by atoms with E-state index in [1.54, 1.807) is 0 Å². The van der Waals surface area contributed by atoms with Gasteiger partial charge in [0.15, 0.2) is 0 Å². The van der Waals surface area contributed by atoms with Gasteiger partial charge in [0.1, 0.15) is 10.5 Å². The Labute approximate surface area is 140 Å². The van der Waals surface area contributed by atoms with Crippen LogP contribution in [0, 0.1) is 27.2 Å². The Kier molecular flexibility index (Phi) is 4.78. The number of nitro groups is 2. The lowest BCUT2D eigenvalue weighted by molar-refractivity contribution is -0.395. The summed E-state index contributed by atoms with van der Waals surface area (Å²) >= 11 is 0. The Morgan fingerprint density at radius 2 is 1.56 bits per heavy atom. The van der Waals surface area contributed by atoms with Gasteiger partial charge >= 0.3 is 6.01 Å². The Balaban J connectivity index is 2.50. The number of nitro benzene ring substituents is 2. The molecule has 0 aliphatic heterocycles. The van der Waals surface area contributed by atoms with Gasteiger partial charge < -0.3 is 4.74 Å². The maximum absolute atomic E-state index is 12.4. The van der Waals surface area contributed by atoms with Crippen LogP contribution in [0.2, 0.25) is 0 Å². The Bertz CT molecular complexity index is 908. The minimum absolute atomic E-state index is 0.00422. The van der Waals surface area contributed by atoms with Crippen LogP contribution >= 0.6 is 0 Å². The van der Waals surface area contributed by atoms with Gasteiger partial charge in [0.2, 0.25) is 0 Å². The third-order valence-corrected chi connectivity index (χ3v) is 4.45. The highest BCUT2D eigenvalue weighted by molar-refractivity contribution is 7.92. The number of rotatable bonds is 6. The van der Waals surface area contributed by atoms with Gasteiger partial charge in [0, 0.05) is 12.1 Å². The lowest BCUT2D eigenvalue weighted by Gasteiger charge is -2.09. The van der Waals surface area contributed by atoms with Gasteiger partial charge in [-0.05, 0) is 6.92 Å². The molecule has 0 fully saturated rings. The number of benzene rings is 1. The van der Waals surface area contributed by atoms with Crippen LogP contribution < -0.4 is 9.46 Å². The zero-order valence-electron chi connectivity index (χ0n) is 12.9. The SMILES string of the molecule is COc1ncc(NS(=O)(=O)c2cc([N+](=O)[O-])c(C)c([N+](=O)[O-])c2)cn1. The molecule has 1 heterocycles. The Hall–Kier alpha value is -3.35. The molecule has 0 saturated carbocycles. The van der Waals surface area contributed by atoms with E-state index < -0.39 is 36.1 Å². The van der Waals surface area contributed by atoms with Gasteiger partial charge in [-0.15, -0.1) is 0 Å². The Morgan fingerprint density at radius 3 is 1.96 bits per heavy atom. The first kappa shape index (κ1) is 18.0. The van der Waals surface area contributed by atoms with Gasteiger partial charge in [-0.2, -0.15) is 0 Å². The normalized spacial score (nSPS) is 11.0. The zero-order valence-corrected chi connectivity index (χ0v) is 13.7. The number of hydrogen-bond acceptors (Lipinski definition) is 9. The maximum Gasteiger partial charge on any atom is 0.316 e. The summed E-state index contributed by atoms with van der Waals surface area (Å²) in [6.07, 6.45) is 2.22. The smallest absolute Gasteiger partial charge is 0.316 e. The highest BCUT2D eigenvalue weighted by Crippen LogP contribution is 2.31. The molecule has 0 radical (unpaired) electrons. The number of nitrogens with one attached hydrogen (secondary N) is 1. The van der Waals surface area contributed by atoms with Crippen molar-refractivity contribution in [3.05, 3.63) is 50.3 Å². The molecule has 2 aromatic rings. The highest BCUT2D eigenvalue weighted by atomic mass is 32.2. The molecule has 0 saturated heterocycles. The van der Waals surface area contributed by atoms with E-state index in [4.69, 9.17) is 4.74 Å². The minimum atomic E-state index is -4.34. The molecule has 0 atom stereocenters. The average Bonchev–Trinajstić information content (AvgIpc) is 2.54. The van der Waals surface area contributed by atoms with Crippen molar-refractivity contribution in [3.63, 3.8) is 0 Å². The van der Waals surface area contributed by atoms with Crippen molar-refractivity contribution in [1.82, 2.24) is 9.97 Å². The molecule has 25 heavy (non-hydrogen) atoms. The van der Waals surface area contributed by atoms with Crippen molar-refractivity contribution in [2.45, 2.75) is 11.8 Å². The summed E-state index contributed by atoms with van der Waals surface area (Å²) in [6.45, 7) is 1.16. The second-order valence-electron chi connectivity index (χ2n) is 4.66. The predicted molar refractivity (Wildman–Crippen MR) is 83.9 cm³/mol. The second kappa shape index (κ2) is 6.64. The quantitative estimate of drug-likeness (QED) is 0.584. The topological polar surface area (TPSA) is 167 Å². The van der Waals surface area contributed by atoms with Crippen molar-refractivity contribution in [2.75, 3.05) is 11.8 Å². The summed E-state index contributed by atoms with van der Waals surface area (Å²) in [5.74, 6) is 0. The van der Waals surface area contributed by atoms with E-state index in [9.17, 15) is 28.6 Å². The van der Waals surface area contributed by atoms with E-state index >= 15 is 0 Å². The number of nitrogens with zero attached hydrogens (tertiary/aromatic N) is 4. The summed E-state index contributed by atoms with van der Waals surface area (Å²) in [6, 6.07) is 1.49. The molecule has 132 valence electrons. The second-order valence-corrected chi connectivity index (χ2v) is 6.35. The van der Waals surface area contributed by atoms with Gasteiger partial charge in [-0.25, -0.2) is 18.4 Å². The summed E-state index contributed by atoms with van der Waals surface area (Å²) in [5, 5.41) is 22.1. The fourth-order valence-electron chi connectivity index (χ4n) is 1.88. The van der Waals surface area contributed by atoms with Crippen molar-refractivity contribution >= 4 is 27.1 Å². The molecule has 12 nitrogen and oxygen atoms in total. The standard InChI is InChI=1S/C12H11N5O7S/c1-7-10(16(18)19)3-9(4-11(7)17(20)21)25(22,23)15-8-5-13-12(24-2)14-6-8/h3-6,15H,1-2H3. The first-order valence-corrected chi connectivity index (χ1v) is 7.96. The molecule has 1 aromatic carbocycles. The predicted octanol–water partition coefficient (Wildman–Crippen LogP) is 1.41. The van der Waals surface area contributed by atoms with E-state index in [1.165, 1.54) is 7.11 Å². The van der Waals surface area contributed by atoms with Gasteiger partial charge in [-0.3, -0.25) is 25.0 Å². The van der Waals surface area contributed by atoms with Crippen LogP contribution in [-0.4, -0.2) is 35.3 Å². The first-order valence-electron chi connectivity index (χ1n) is 6.48. The van der Waals surface area contributed by atoms with Crippen molar-refractivity contribution < 1.29 is 23.0 Å². The molecule has 0 amide bonds. The molecular formula is C12H11N5O7S. The molecule has 0 aliphatic carbocycles. The average molecular weight is 369 g/mol. The minimum Gasteiger partial charge on any atom is -0.467 e. The number of aromatic nitrogens is 2. The Morgan fingerprint density at radius 1 is 1.08 bits per heavy atom. The molecular weight excluding hydrogens is 358 g/mol. The maximum atomic E-state index is 12.4. The van der Waals surface area contributed by atoms with E-state index in [0.717, 1.165) is 31.5 Å². The lowest BCUT2D eigenvalue weighted by atomic mass is 10.1. The molecule has 0 spiro atoms. The highest BCUT2D eigenvalue weighted by Gasteiger charge is 2.28. The molecule has 0 unspecified atom stereocenters. The molecule has 1 N–H and O–H groups in total. The zero-order chi connectivity index (χ0) is 18.8. The first-order chi connectivity index (χ1) is 11.7. The van der Waals surface area contributed by atoms with E-state index in [0.29, 0.717) is 0 Å². The third-order valence-electron chi connectivity index (χ3n) is 3.09. The van der Waals surface area contributed by atoms with E-state index in [-0.39, 0.29) is 17.3 Å². The number of anilines is 1. The van der Waals surface area contributed by atoms with Crippen LogP contribution in [0.1, 0.15) is 5.56 Å². The van der Waals surface area contributed by atoms with E-state index in [2.05, 4.69) is 14.7 Å². The monoisotopic (exact) mass is 369 g/mol. The molecule has 1 aromatic heterocycles. The van der Waals surface area contributed by atoms with Crippen LogP contribution in [0.5, 0.6) is 6.01 Å². The number of sulfonamides is 1. The van der Waals surface area contributed by atoms with Crippen LogP contribution in [0.25, 0.3) is 0 Å². The van der Waals surface area contributed by atoms with Crippen molar-refractivity contribution in [3.8, 4) is 6.01 Å². The van der Waals surface area contributed by atoms with Crippen molar-refractivity contribution in [1.29, 1.82) is 0 Å². The van der Waals surface area contributed by atoms with Crippen LogP contribution in [0.15, 0.2) is 29.4 Å². The van der Waals surface area contributed by atoms with Crippen LogP contribution in [-0.2, 0) is 10.0 Å². The fourth-order valence-corrected chi connectivity index (χ4v) is 2.95. The summed E-state index contributed by atoms with van der Waals surface area (Å²) < 4.78 is 31.6. The van der Waals surface area contributed by atoms with Crippen LogP contribution in [0.3, 0.4) is 0 Å². The molecule has 2 rings (SSSR count). The third kappa shape index (κ3) is 3.77. The van der Waals surface area contributed by atoms with Gasteiger partial charge in [-0.1, -0.05) is 0 Å². The van der Waals surface area contributed by atoms with Crippen molar-refractivity contribution in [2.24, 2.45) is 0 Å². The van der Waals surface area contributed by atoms with Gasteiger partial charge in [0.25, 0.3) is 21.4 Å². The molecule has 0 bridgehead atoms. The molecule has 13 heteroatoms. The van der Waals surface area contributed by atoms with Gasteiger partial charge in [0.05, 0.1) is 35.0 Å². The summed E-state index contributed by atoms with van der Waals surface area (Å²) in [4.78, 5) is 27.1. The summed E-state index contributed by atoms with van der Waals surface area (Å²) in [7, 11) is -3.02. The van der Waals surface area contributed by atoms with Crippen LogP contribution in [0.4, 0.5) is 17.1 Å². The lowest BCUT2D eigenvalue weighted by Crippen LogP contribution is -2.14. The van der Waals surface area contributed by atoms with E-state index in [1.807, 2.05) is 0 Å². The fraction of sp³-hybridized carbons (Fsp3) is 0.167. The number of hydrogen-bond donors (Lipinski definition) is 1. The summed E-state index contributed by atoms with van der Waals surface area (Å²) in [5.41, 5.74) is -1.66. The number of ether oxygens (including phenoxy) is 1. The number of methoxy groups -OCH3 is 1.